The number of aliphatic imine (C=N–C) groups is 1. The summed E-state index contributed by atoms with van der Waals surface area (Å²) in [5.74, 6) is 2.61. The fourth-order valence-electron chi connectivity index (χ4n) is 4.38. The first kappa shape index (κ1) is 24.0. The van der Waals surface area contributed by atoms with Crippen molar-refractivity contribution in [2.24, 2.45) is 10.9 Å². The highest BCUT2D eigenvalue weighted by Gasteiger charge is 2.32. The van der Waals surface area contributed by atoms with Gasteiger partial charge in [0.25, 0.3) is 0 Å². The molecule has 2 heterocycles. The van der Waals surface area contributed by atoms with Crippen LogP contribution in [0.4, 0.5) is 0 Å². The van der Waals surface area contributed by atoms with Gasteiger partial charge in [-0.05, 0) is 32.1 Å². The van der Waals surface area contributed by atoms with Gasteiger partial charge < -0.3 is 20.1 Å². The average molecular weight is 517 g/mol. The van der Waals surface area contributed by atoms with Crippen LogP contribution in [0.25, 0.3) is 0 Å². The largest absolute Gasteiger partial charge is 0.359 e. The molecule has 1 saturated heterocycles. The third-order valence-corrected chi connectivity index (χ3v) is 6.18. The molecule has 1 aliphatic carbocycles. The zero-order valence-corrected chi connectivity index (χ0v) is 20.3. The molecule has 1 atom stereocenters. The van der Waals surface area contributed by atoms with Gasteiger partial charge in [-0.2, -0.15) is 0 Å². The molecule has 1 aromatic rings. The lowest BCUT2D eigenvalue weighted by Crippen LogP contribution is -2.45. The quantitative estimate of drug-likeness (QED) is 0.328. The third-order valence-electron chi connectivity index (χ3n) is 6.18. The molecule has 164 valence electrons. The number of guanidine groups is 1. The predicted octanol–water partition coefficient (Wildman–Crippen LogP) is 3.65. The molecule has 2 fully saturated rings. The van der Waals surface area contributed by atoms with Crippen LogP contribution in [0.1, 0.15) is 76.2 Å². The average Bonchev–Trinajstić information content (AvgIpc) is 3.47. The normalized spacial score (nSPS) is 20.2. The number of carbonyl (C=O) groups excluding carboxylic acids is 1. The van der Waals surface area contributed by atoms with Crippen molar-refractivity contribution < 1.29 is 9.32 Å². The van der Waals surface area contributed by atoms with Crippen molar-refractivity contribution in [3.8, 4) is 0 Å². The highest BCUT2D eigenvalue weighted by molar-refractivity contribution is 14.0. The van der Waals surface area contributed by atoms with Gasteiger partial charge in [-0.3, -0.25) is 9.79 Å². The maximum Gasteiger partial charge on any atom is 0.225 e. The fraction of sp³-hybridized carbons (Fsp3) is 0.762. The number of hydrogen-bond acceptors (Lipinski definition) is 4. The number of rotatable bonds is 7. The molecule has 0 spiro atoms. The van der Waals surface area contributed by atoms with E-state index >= 15 is 0 Å². The van der Waals surface area contributed by atoms with E-state index in [1.807, 2.05) is 11.0 Å². The molecule has 0 aromatic carbocycles. The minimum absolute atomic E-state index is 0. The maximum absolute atomic E-state index is 12.6. The molecule has 1 aliphatic heterocycles. The second kappa shape index (κ2) is 11.8. The Kier molecular flexibility index (Phi) is 9.71. The van der Waals surface area contributed by atoms with Crippen molar-refractivity contribution in [1.82, 2.24) is 20.7 Å². The number of hydrogen-bond donors (Lipinski definition) is 2. The molecule has 3 rings (SSSR count). The van der Waals surface area contributed by atoms with E-state index in [0.29, 0.717) is 18.4 Å². The Balaban J connectivity index is 0.00000300. The van der Waals surface area contributed by atoms with Gasteiger partial charge in [0, 0.05) is 44.1 Å². The van der Waals surface area contributed by atoms with Gasteiger partial charge >= 0.3 is 0 Å². The predicted molar refractivity (Wildman–Crippen MR) is 126 cm³/mol. The molecule has 1 aromatic heterocycles. The molecule has 2 N–H and O–H groups in total. The Morgan fingerprint density at radius 1 is 1.31 bits per heavy atom. The molecule has 29 heavy (non-hydrogen) atoms. The Morgan fingerprint density at radius 3 is 2.69 bits per heavy atom. The highest BCUT2D eigenvalue weighted by Crippen LogP contribution is 2.28. The Hall–Kier alpha value is -1.32. The van der Waals surface area contributed by atoms with Gasteiger partial charge in [-0.25, -0.2) is 0 Å². The Morgan fingerprint density at radius 2 is 2.03 bits per heavy atom. The van der Waals surface area contributed by atoms with Gasteiger partial charge in [0.05, 0.1) is 12.2 Å². The first-order valence-electron chi connectivity index (χ1n) is 10.9. The van der Waals surface area contributed by atoms with Crippen molar-refractivity contribution in [3.63, 3.8) is 0 Å². The summed E-state index contributed by atoms with van der Waals surface area (Å²) < 4.78 is 5.47. The second-order valence-electron chi connectivity index (χ2n) is 8.05. The van der Waals surface area contributed by atoms with Gasteiger partial charge in [-0.1, -0.05) is 31.8 Å². The van der Waals surface area contributed by atoms with E-state index in [4.69, 9.17) is 4.52 Å². The summed E-state index contributed by atoms with van der Waals surface area (Å²) in [7, 11) is 1.77. The third kappa shape index (κ3) is 6.33. The lowest BCUT2D eigenvalue weighted by Gasteiger charge is -2.21. The topological polar surface area (TPSA) is 82.8 Å². The summed E-state index contributed by atoms with van der Waals surface area (Å²) in [5.41, 5.74) is 1.03. The molecule has 1 unspecified atom stereocenters. The van der Waals surface area contributed by atoms with Crippen LogP contribution in [0.5, 0.6) is 0 Å². The highest BCUT2D eigenvalue weighted by atomic mass is 127. The number of likely N-dealkylation sites (tertiary alicyclic amines) is 1. The van der Waals surface area contributed by atoms with E-state index in [0.717, 1.165) is 62.6 Å². The lowest BCUT2D eigenvalue weighted by atomic mass is 9.99. The van der Waals surface area contributed by atoms with E-state index in [9.17, 15) is 4.79 Å². The van der Waals surface area contributed by atoms with Crippen molar-refractivity contribution in [3.05, 3.63) is 17.5 Å². The fourth-order valence-corrected chi connectivity index (χ4v) is 4.38. The van der Waals surface area contributed by atoms with Crippen LogP contribution in [0, 0.1) is 5.92 Å². The van der Waals surface area contributed by atoms with Gasteiger partial charge in [0.15, 0.2) is 11.7 Å². The molecular formula is C21H36IN5O2. The summed E-state index contributed by atoms with van der Waals surface area (Å²) in [6.07, 6.45) is 7.61. The number of halogens is 1. The minimum atomic E-state index is 0. The van der Waals surface area contributed by atoms with Gasteiger partial charge in [0.2, 0.25) is 5.91 Å². The Bertz CT molecular complexity index is 668. The van der Waals surface area contributed by atoms with Crippen LogP contribution in [-0.2, 0) is 11.3 Å². The summed E-state index contributed by atoms with van der Waals surface area (Å²) in [6, 6.07) is 2.28. The number of nitrogens with zero attached hydrogens (tertiary/aromatic N) is 3. The van der Waals surface area contributed by atoms with Crippen LogP contribution in [0.15, 0.2) is 15.6 Å². The molecule has 0 radical (unpaired) electrons. The molecule has 8 heteroatoms. The summed E-state index contributed by atoms with van der Waals surface area (Å²) in [5, 5.41) is 11.0. The molecule has 0 bridgehead atoms. The molecule has 1 amide bonds. The zero-order chi connectivity index (χ0) is 19.9. The van der Waals surface area contributed by atoms with Crippen LogP contribution >= 0.6 is 24.0 Å². The monoisotopic (exact) mass is 517 g/mol. The van der Waals surface area contributed by atoms with Crippen molar-refractivity contribution in [1.29, 1.82) is 0 Å². The zero-order valence-electron chi connectivity index (χ0n) is 17.9. The summed E-state index contributed by atoms with van der Waals surface area (Å²) in [6.45, 7) is 6.50. The lowest BCUT2D eigenvalue weighted by molar-refractivity contribution is -0.134. The van der Waals surface area contributed by atoms with E-state index in [1.54, 1.807) is 7.05 Å². The van der Waals surface area contributed by atoms with E-state index in [1.165, 1.54) is 12.8 Å². The minimum Gasteiger partial charge on any atom is -0.359 e. The number of aromatic nitrogens is 1. The van der Waals surface area contributed by atoms with Crippen LogP contribution < -0.4 is 10.6 Å². The van der Waals surface area contributed by atoms with Gasteiger partial charge in [0.1, 0.15) is 0 Å². The van der Waals surface area contributed by atoms with Crippen molar-refractivity contribution in [2.45, 2.75) is 77.3 Å². The number of nitrogens with one attached hydrogen (secondary N) is 2. The van der Waals surface area contributed by atoms with Crippen LogP contribution in [0.3, 0.4) is 0 Å². The first-order valence-corrected chi connectivity index (χ1v) is 10.9. The molecule has 2 aliphatic rings. The smallest absolute Gasteiger partial charge is 0.225 e. The maximum atomic E-state index is 12.6. The number of carbonyl (C=O) groups is 1. The van der Waals surface area contributed by atoms with E-state index in [2.05, 4.69) is 34.6 Å². The Labute approximate surface area is 191 Å². The standard InChI is InChI=1S/C21H35N5O2.HI/c1-4-15(5-2)19-12-18(28-25-19)13-23-21(22-3)24-17-10-11-26(14-17)20(27)16-8-6-7-9-16;/h12,15-17H,4-11,13-14H2,1-3H3,(H2,22,23,24);1H. The van der Waals surface area contributed by atoms with Crippen LogP contribution in [0.2, 0.25) is 0 Å². The van der Waals surface area contributed by atoms with Crippen LogP contribution in [-0.4, -0.2) is 48.1 Å². The van der Waals surface area contributed by atoms with Crippen molar-refractivity contribution in [2.75, 3.05) is 20.1 Å². The molecular weight excluding hydrogens is 481 g/mol. The summed E-state index contributed by atoms with van der Waals surface area (Å²) in [4.78, 5) is 18.9. The second-order valence-corrected chi connectivity index (χ2v) is 8.05. The molecule has 7 nitrogen and oxygen atoms in total. The number of amides is 1. The van der Waals surface area contributed by atoms with Gasteiger partial charge in [-0.15, -0.1) is 24.0 Å². The van der Waals surface area contributed by atoms with Crippen molar-refractivity contribution >= 4 is 35.8 Å². The molecule has 1 saturated carbocycles. The summed E-state index contributed by atoms with van der Waals surface area (Å²) >= 11 is 0. The van der Waals surface area contributed by atoms with E-state index < -0.39 is 0 Å². The SMILES string of the molecule is CCC(CC)c1cc(CNC(=NC)NC2CCN(C(=O)C3CCCC3)C2)on1.I. The van der Waals surface area contributed by atoms with E-state index in [-0.39, 0.29) is 35.9 Å². The first-order chi connectivity index (χ1) is 13.6.